The molecule has 1 aliphatic heterocycles. The zero-order valence-electron chi connectivity index (χ0n) is 10.5. The van der Waals surface area contributed by atoms with Crippen molar-refractivity contribution in [2.24, 2.45) is 5.41 Å². The summed E-state index contributed by atoms with van der Waals surface area (Å²) in [6.07, 6.45) is 8.30. The SMILES string of the molecule is CCCCCCCCNCC1(C)COC1. The fourth-order valence-electron chi connectivity index (χ4n) is 1.97. The molecule has 0 spiro atoms. The van der Waals surface area contributed by atoms with Gasteiger partial charge >= 0.3 is 0 Å². The lowest BCUT2D eigenvalue weighted by Gasteiger charge is -2.38. The summed E-state index contributed by atoms with van der Waals surface area (Å²) >= 11 is 0. The predicted octanol–water partition coefficient (Wildman–Crippen LogP) is 2.97. The van der Waals surface area contributed by atoms with Crippen LogP contribution in [0.5, 0.6) is 0 Å². The van der Waals surface area contributed by atoms with E-state index >= 15 is 0 Å². The van der Waals surface area contributed by atoms with Gasteiger partial charge in [-0.25, -0.2) is 0 Å². The van der Waals surface area contributed by atoms with Gasteiger partial charge in [0.1, 0.15) is 0 Å². The van der Waals surface area contributed by atoms with Gasteiger partial charge in [0.2, 0.25) is 0 Å². The van der Waals surface area contributed by atoms with Crippen LogP contribution in [0.1, 0.15) is 52.4 Å². The predicted molar refractivity (Wildman–Crippen MR) is 65.2 cm³/mol. The second-order valence-corrected chi connectivity index (χ2v) is 5.25. The maximum atomic E-state index is 5.22. The van der Waals surface area contributed by atoms with E-state index in [1.54, 1.807) is 0 Å². The van der Waals surface area contributed by atoms with Gasteiger partial charge in [-0.05, 0) is 13.0 Å². The van der Waals surface area contributed by atoms with Crippen molar-refractivity contribution in [2.75, 3.05) is 26.3 Å². The summed E-state index contributed by atoms with van der Waals surface area (Å²) in [7, 11) is 0. The van der Waals surface area contributed by atoms with Crippen LogP contribution in [0.3, 0.4) is 0 Å². The lowest BCUT2D eigenvalue weighted by atomic mass is 9.89. The monoisotopic (exact) mass is 213 g/mol. The number of hydrogen-bond donors (Lipinski definition) is 1. The van der Waals surface area contributed by atoms with E-state index in [4.69, 9.17) is 4.74 Å². The first kappa shape index (κ1) is 13.0. The van der Waals surface area contributed by atoms with Crippen molar-refractivity contribution in [3.8, 4) is 0 Å². The van der Waals surface area contributed by atoms with Crippen LogP contribution in [0, 0.1) is 5.41 Å². The average molecular weight is 213 g/mol. The van der Waals surface area contributed by atoms with E-state index in [1.165, 1.54) is 45.1 Å². The molecule has 0 aromatic heterocycles. The molecule has 1 aliphatic rings. The third-order valence-corrected chi connectivity index (χ3v) is 3.16. The summed E-state index contributed by atoms with van der Waals surface area (Å²) in [5.74, 6) is 0. The smallest absolute Gasteiger partial charge is 0.0554 e. The number of unbranched alkanes of at least 4 members (excludes halogenated alkanes) is 5. The molecule has 90 valence electrons. The molecule has 0 radical (unpaired) electrons. The second-order valence-electron chi connectivity index (χ2n) is 5.25. The van der Waals surface area contributed by atoms with Crippen LogP contribution >= 0.6 is 0 Å². The fourth-order valence-corrected chi connectivity index (χ4v) is 1.97. The minimum Gasteiger partial charge on any atom is -0.380 e. The summed E-state index contributed by atoms with van der Waals surface area (Å²) in [5.41, 5.74) is 0.433. The Kier molecular flexibility index (Phi) is 6.26. The molecular formula is C13H27NO. The van der Waals surface area contributed by atoms with Gasteiger partial charge in [0.05, 0.1) is 13.2 Å². The third-order valence-electron chi connectivity index (χ3n) is 3.16. The van der Waals surface area contributed by atoms with Crippen molar-refractivity contribution in [1.82, 2.24) is 5.32 Å². The maximum Gasteiger partial charge on any atom is 0.0554 e. The van der Waals surface area contributed by atoms with E-state index in [-0.39, 0.29) is 0 Å². The summed E-state index contributed by atoms with van der Waals surface area (Å²) in [6.45, 7) is 8.75. The van der Waals surface area contributed by atoms with Crippen molar-refractivity contribution in [1.29, 1.82) is 0 Å². The van der Waals surface area contributed by atoms with Gasteiger partial charge in [0.25, 0.3) is 0 Å². The minimum absolute atomic E-state index is 0.433. The standard InChI is InChI=1S/C13H27NO/c1-3-4-5-6-7-8-9-14-10-13(2)11-15-12-13/h14H,3-12H2,1-2H3. The first-order chi connectivity index (χ1) is 7.27. The van der Waals surface area contributed by atoms with Gasteiger partial charge in [-0.1, -0.05) is 46.0 Å². The molecule has 0 aromatic rings. The molecule has 15 heavy (non-hydrogen) atoms. The molecule has 1 N–H and O–H groups in total. The molecule has 0 atom stereocenters. The van der Waals surface area contributed by atoms with Crippen LogP contribution in [0.4, 0.5) is 0 Å². The molecule has 0 aromatic carbocycles. The highest BCUT2D eigenvalue weighted by molar-refractivity contribution is 4.82. The second kappa shape index (κ2) is 7.24. The molecule has 1 saturated heterocycles. The summed E-state index contributed by atoms with van der Waals surface area (Å²) in [6, 6.07) is 0. The minimum atomic E-state index is 0.433. The fraction of sp³-hybridized carbons (Fsp3) is 1.00. The van der Waals surface area contributed by atoms with Gasteiger partial charge in [0, 0.05) is 12.0 Å². The van der Waals surface area contributed by atoms with Crippen LogP contribution in [-0.4, -0.2) is 26.3 Å². The average Bonchev–Trinajstić information content (AvgIpc) is 2.19. The largest absolute Gasteiger partial charge is 0.380 e. The molecule has 2 nitrogen and oxygen atoms in total. The zero-order chi connectivity index (χ0) is 11.0. The molecule has 0 aliphatic carbocycles. The van der Waals surface area contributed by atoms with E-state index in [9.17, 15) is 0 Å². The van der Waals surface area contributed by atoms with Crippen LogP contribution in [0.15, 0.2) is 0 Å². The molecule has 0 unspecified atom stereocenters. The Morgan fingerprint density at radius 3 is 2.33 bits per heavy atom. The normalized spacial score (nSPS) is 18.8. The highest BCUT2D eigenvalue weighted by Gasteiger charge is 2.32. The Morgan fingerprint density at radius 1 is 1.07 bits per heavy atom. The van der Waals surface area contributed by atoms with Gasteiger partial charge in [-0.3, -0.25) is 0 Å². The van der Waals surface area contributed by atoms with E-state index in [0.29, 0.717) is 5.41 Å². The zero-order valence-corrected chi connectivity index (χ0v) is 10.5. The van der Waals surface area contributed by atoms with Crippen LogP contribution in [-0.2, 0) is 4.74 Å². The molecule has 0 saturated carbocycles. The highest BCUT2D eigenvalue weighted by Crippen LogP contribution is 2.24. The van der Waals surface area contributed by atoms with Crippen molar-refractivity contribution in [2.45, 2.75) is 52.4 Å². The molecular weight excluding hydrogens is 186 g/mol. The molecule has 0 amide bonds. The highest BCUT2D eigenvalue weighted by atomic mass is 16.5. The van der Waals surface area contributed by atoms with E-state index in [1.807, 2.05) is 0 Å². The lowest BCUT2D eigenvalue weighted by molar-refractivity contribution is -0.0989. The Labute approximate surface area is 94.8 Å². The van der Waals surface area contributed by atoms with Gasteiger partial charge < -0.3 is 10.1 Å². The number of rotatable bonds is 9. The van der Waals surface area contributed by atoms with Gasteiger partial charge in [-0.2, -0.15) is 0 Å². The lowest BCUT2D eigenvalue weighted by Crippen LogP contribution is -2.47. The molecule has 1 rings (SSSR count). The van der Waals surface area contributed by atoms with Crippen molar-refractivity contribution < 1.29 is 4.74 Å². The van der Waals surface area contributed by atoms with Crippen molar-refractivity contribution in [3.05, 3.63) is 0 Å². The summed E-state index contributed by atoms with van der Waals surface area (Å²) in [4.78, 5) is 0. The number of hydrogen-bond acceptors (Lipinski definition) is 2. The van der Waals surface area contributed by atoms with E-state index in [0.717, 1.165) is 19.8 Å². The van der Waals surface area contributed by atoms with E-state index < -0.39 is 0 Å². The molecule has 2 heteroatoms. The van der Waals surface area contributed by atoms with Crippen LogP contribution in [0.2, 0.25) is 0 Å². The first-order valence-electron chi connectivity index (χ1n) is 6.55. The topological polar surface area (TPSA) is 21.3 Å². The summed E-state index contributed by atoms with van der Waals surface area (Å²) < 4.78 is 5.22. The first-order valence-corrected chi connectivity index (χ1v) is 6.55. The Morgan fingerprint density at radius 2 is 1.73 bits per heavy atom. The third kappa shape index (κ3) is 5.53. The van der Waals surface area contributed by atoms with Crippen molar-refractivity contribution >= 4 is 0 Å². The van der Waals surface area contributed by atoms with Gasteiger partial charge in [0.15, 0.2) is 0 Å². The van der Waals surface area contributed by atoms with Gasteiger partial charge in [-0.15, -0.1) is 0 Å². The quantitative estimate of drug-likeness (QED) is 0.595. The molecule has 1 fully saturated rings. The summed E-state index contributed by atoms with van der Waals surface area (Å²) in [5, 5.41) is 3.54. The van der Waals surface area contributed by atoms with E-state index in [2.05, 4.69) is 19.2 Å². The Bertz CT molecular complexity index is 155. The number of nitrogens with one attached hydrogen (secondary N) is 1. The van der Waals surface area contributed by atoms with Crippen LogP contribution in [0.25, 0.3) is 0 Å². The Balaban J connectivity index is 1.77. The van der Waals surface area contributed by atoms with Crippen LogP contribution < -0.4 is 5.32 Å². The number of ether oxygens (including phenoxy) is 1. The van der Waals surface area contributed by atoms with Crippen molar-refractivity contribution in [3.63, 3.8) is 0 Å². The maximum absolute atomic E-state index is 5.22. The molecule has 1 heterocycles. The molecule has 0 bridgehead atoms. The Hall–Kier alpha value is -0.0800.